The minimum Gasteiger partial charge on any atom is -0.319 e. The molecule has 0 saturated carbocycles. The number of rotatable bonds is 4. The smallest absolute Gasteiger partial charge is 0.206 e. The van der Waals surface area contributed by atoms with Crippen LogP contribution in [0.15, 0.2) is 52.3 Å². The van der Waals surface area contributed by atoms with E-state index >= 15 is 0 Å². The second kappa shape index (κ2) is 6.42. The van der Waals surface area contributed by atoms with Crippen molar-refractivity contribution in [2.24, 2.45) is 0 Å². The second-order valence-corrected chi connectivity index (χ2v) is 7.89. The Labute approximate surface area is 136 Å². The molecule has 122 valence electrons. The van der Waals surface area contributed by atoms with E-state index in [4.69, 9.17) is 0 Å². The first-order valence-corrected chi connectivity index (χ1v) is 9.29. The number of likely N-dealkylation sites (N-methyl/N-ethyl adjacent to an activating group) is 1. The van der Waals surface area contributed by atoms with Gasteiger partial charge in [-0.15, -0.1) is 0 Å². The average Bonchev–Trinajstić information content (AvgIpc) is 2.56. The van der Waals surface area contributed by atoms with Gasteiger partial charge in [-0.05, 0) is 67.6 Å². The monoisotopic (exact) mass is 333 g/mol. The van der Waals surface area contributed by atoms with Crippen molar-refractivity contribution < 1.29 is 12.8 Å². The highest BCUT2D eigenvalue weighted by atomic mass is 32.2. The van der Waals surface area contributed by atoms with E-state index in [0.717, 1.165) is 24.8 Å². The van der Waals surface area contributed by atoms with E-state index in [-0.39, 0.29) is 15.7 Å². The molecule has 5 heteroatoms. The zero-order chi connectivity index (χ0) is 16.4. The number of halogens is 1. The van der Waals surface area contributed by atoms with Gasteiger partial charge in [-0.25, -0.2) is 12.8 Å². The fraction of sp³-hybridized carbons (Fsp3) is 0.333. The lowest BCUT2D eigenvalue weighted by Crippen LogP contribution is -2.23. The zero-order valence-corrected chi connectivity index (χ0v) is 13.9. The fourth-order valence-corrected chi connectivity index (χ4v) is 4.68. The number of hydrogen-bond acceptors (Lipinski definition) is 3. The summed E-state index contributed by atoms with van der Waals surface area (Å²) in [4.78, 5) is 0.243. The van der Waals surface area contributed by atoms with E-state index in [1.165, 1.54) is 18.2 Å². The van der Waals surface area contributed by atoms with Crippen molar-refractivity contribution >= 4 is 9.84 Å². The third kappa shape index (κ3) is 3.03. The molecule has 2 aromatic carbocycles. The Kier molecular flexibility index (Phi) is 4.50. The van der Waals surface area contributed by atoms with Crippen LogP contribution >= 0.6 is 0 Å². The lowest BCUT2D eigenvalue weighted by Gasteiger charge is -2.26. The first-order valence-electron chi connectivity index (χ1n) is 7.81. The summed E-state index contributed by atoms with van der Waals surface area (Å²) in [6.07, 6.45) is 2.60. The third-order valence-corrected chi connectivity index (χ3v) is 6.16. The molecule has 0 spiro atoms. The van der Waals surface area contributed by atoms with Crippen LogP contribution in [0.5, 0.6) is 0 Å². The summed E-state index contributed by atoms with van der Waals surface area (Å²) in [5.41, 5.74) is 1.50. The Morgan fingerprint density at radius 2 is 1.91 bits per heavy atom. The molecule has 1 atom stereocenters. The number of fused-ring (bicyclic) bond motifs is 1. The molecule has 1 N–H and O–H groups in total. The van der Waals surface area contributed by atoms with Crippen molar-refractivity contribution in [3.63, 3.8) is 0 Å². The molecule has 0 heterocycles. The van der Waals surface area contributed by atoms with Crippen molar-refractivity contribution in [2.75, 3.05) is 13.6 Å². The van der Waals surface area contributed by atoms with Crippen molar-refractivity contribution in [2.45, 2.75) is 35.0 Å². The lowest BCUT2D eigenvalue weighted by molar-refractivity contribution is 0.489. The van der Waals surface area contributed by atoms with E-state index in [0.29, 0.717) is 12.1 Å². The number of benzene rings is 2. The zero-order valence-electron chi connectivity index (χ0n) is 13.0. The topological polar surface area (TPSA) is 46.2 Å². The Morgan fingerprint density at radius 1 is 1.17 bits per heavy atom. The van der Waals surface area contributed by atoms with Crippen LogP contribution in [0.3, 0.4) is 0 Å². The van der Waals surface area contributed by atoms with Crippen molar-refractivity contribution in [3.05, 3.63) is 59.4 Å². The molecule has 23 heavy (non-hydrogen) atoms. The highest BCUT2D eigenvalue weighted by Crippen LogP contribution is 2.35. The second-order valence-electron chi connectivity index (χ2n) is 5.94. The van der Waals surface area contributed by atoms with Gasteiger partial charge in [0, 0.05) is 6.54 Å². The minimum absolute atomic E-state index is 0.0463. The summed E-state index contributed by atoms with van der Waals surface area (Å²) < 4.78 is 40.1. The summed E-state index contributed by atoms with van der Waals surface area (Å²) in [7, 11) is -1.83. The molecular formula is C18H20FNO2S. The molecule has 1 aliphatic carbocycles. The van der Waals surface area contributed by atoms with Crippen LogP contribution in [-0.2, 0) is 16.3 Å². The fourth-order valence-electron chi connectivity index (χ4n) is 3.34. The molecule has 0 bridgehead atoms. The van der Waals surface area contributed by atoms with Crippen LogP contribution in [0.25, 0.3) is 0 Å². The van der Waals surface area contributed by atoms with Crippen LogP contribution in [0, 0.1) is 5.82 Å². The van der Waals surface area contributed by atoms with Gasteiger partial charge in [0.1, 0.15) is 5.82 Å². The molecule has 0 fully saturated rings. The number of aryl methyl sites for hydroxylation is 1. The molecule has 0 aromatic heterocycles. The maximum Gasteiger partial charge on any atom is 0.206 e. The molecule has 0 radical (unpaired) electrons. The van der Waals surface area contributed by atoms with Crippen LogP contribution in [0.1, 0.15) is 29.9 Å². The van der Waals surface area contributed by atoms with E-state index < -0.39 is 15.7 Å². The summed E-state index contributed by atoms with van der Waals surface area (Å²) in [6.45, 7) is 0.703. The van der Waals surface area contributed by atoms with Crippen molar-refractivity contribution in [1.29, 1.82) is 0 Å². The number of hydrogen-bond donors (Lipinski definition) is 1. The Hall–Kier alpha value is -1.72. The van der Waals surface area contributed by atoms with E-state index in [9.17, 15) is 12.8 Å². The molecule has 0 saturated heterocycles. The van der Waals surface area contributed by atoms with Gasteiger partial charge in [-0.3, -0.25) is 0 Å². The Balaban J connectivity index is 2.08. The average molecular weight is 333 g/mol. The summed E-state index contributed by atoms with van der Waals surface area (Å²) in [5.74, 6) is -0.297. The maximum atomic E-state index is 14.7. The highest BCUT2D eigenvalue weighted by molar-refractivity contribution is 7.91. The molecular weight excluding hydrogens is 313 g/mol. The molecule has 3 nitrogen and oxygen atoms in total. The predicted octanol–water partition coefficient (Wildman–Crippen LogP) is 3.30. The molecule has 2 aromatic rings. The molecule has 1 aliphatic rings. The van der Waals surface area contributed by atoms with Crippen molar-refractivity contribution in [1.82, 2.24) is 5.32 Å². The standard InChI is InChI=1S/C18H20FNO2S/c1-20-12-14-7-5-6-13-10-16(11-17(19)18(13)14)23(21,22)15-8-3-2-4-9-15/h2-4,8-11,14,20H,5-7,12H2,1H3. The van der Waals surface area contributed by atoms with Crippen molar-refractivity contribution in [3.8, 4) is 0 Å². The van der Waals surface area contributed by atoms with Gasteiger partial charge in [0.05, 0.1) is 9.79 Å². The quantitative estimate of drug-likeness (QED) is 0.934. The van der Waals surface area contributed by atoms with Gasteiger partial charge in [-0.2, -0.15) is 0 Å². The van der Waals surface area contributed by atoms with Gasteiger partial charge < -0.3 is 5.32 Å². The van der Waals surface area contributed by atoms with E-state index in [2.05, 4.69) is 5.32 Å². The number of sulfone groups is 1. The van der Waals surface area contributed by atoms with Gasteiger partial charge in [-0.1, -0.05) is 18.2 Å². The van der Waals surface area contributed by atoms with E-state index in [1.54, 1.807) is 24.3 Å². The number of nitrogens with one attached hydrogen (secondary N) is 1. The molecule has 1 unspecified atom stereocenters. The van der Waals surface area contributed by atoms with Crippen LogP contribution in [0.4, 0.5) is 4.39 Å². The summed E-state index contributed by atoms with van der Waals surface area (Å²) >= 11 is 0. The third-order valence-electron chi connectivity index (χ3n) is 4.41. The van der Waals surface area contributed by atoms with Crippen LogP contribution in [-0.4, -0.2) is 22.0 Å². The molecule has 3 rings (SSSR count). The summed E-state index contributed by atoms with van der Waals surface area (Å²) in [5, 5.41) is 3.09. The first kappa shape index (κ1) is 16.1. The molecule has 0 amide bonds. The van der Waals surface area contributed by atoms with Gasteiger partial charge >= 0.3 is 0 Å². The first-order chi connectivity index (χ1) is 11.0. The van der Waals surface area contributed by atoms with E-state index in [1.807, 2.05) is 7.05 Å². The Morgan fingerprint density at radius 3 is 2.61 bits per heavy atom. The van der Waals surface area contributed by atoms with Gasteiger partial charge in [0.15, 0.2) is 0 Å². The summed E-state index contributed by atoms with van der Waals surface area (Å²) in [6, 6.07) is 11.0. The minimum atomic E-state index is -3.68. The lowest BCUT2D eigenvalue weighted by atomic mass is 9.82. The normalized spacial score (nSPS) is 17.7. The Bertz CT molecular complexity index is 803. The SMILES string of the molecule is CNCC1CCCc2cc(S(=O)(=O)c3ccccc3)cc(F)c21. The molecule has 0 aliphatic heterocycles. The van der Waals surface area contributed by atoms with Crippen LogP contribution < -0.4 is 5.32 Å². The van der Waals surface area contributed by atoms with Gasteiger partial charge in [0.25, 0.3) is 0 Å². The predicted molar refractivity (Wildman–Crippen MR) is 87.9 cm³/mol. The van der Waals surface area contributed by atoms with Gasteiger partial charge in [0.2, 0.25) is 9.84 Å². The maximum absolute atomic E-state index is 14.7. The largest absolute Gasteiger partial charge is 0.319 e. The highest BCUT2D eigenvalue weighted by Gasteiger charge is 2.27. The van der Waals surface area contributed by atoms with Crippen LogP contribution in [0.2, 0.25) is 0 Å².